The van der Waals surface area contributed by atoms with Crippen LogP contribution in [-0.2, 0) is 7.05 Å². The fourth-order valence-electron chi connectivity index (χ4n) is 5.57. The van der Waals surface area contributed by atoms with Gasteiger partial charge in [0.2, 0.25) is 0 Å². The van der Waals surface area contributed by atoms with Crippen LogP contribution in [0, 0.1) is 0 Å². The quantitative estimate of drug-likeness (QED) is 0.290. The second kappa shape index (κ2) is 8.03. The molecule has 0 spiro atoms. The molecule has 4 aromatic carbocycles. The van der Waals surface area contributed by atoms with E-state index in [-0.39, 0.29) is 18.0 Å². The Morgan fingerprint density at radius 3 is 2.12 bits per heavy atom. The molecule has 0 N–H and O–H groups in total. The van der Waals surface area contributed by atoms with Gasteiger partial charge >= 0.3 is 0 Å². The lowest BCUT2D eigenvalue weighted by atomic mass is 9.92. The molecule has 1 amide bonds. The van der Waals surface area contributed by atoms with Crippen LogP contribution in [0.3, 0.4) is 0 Å². The maximum atomic E-state index is 13.9. The number of fused-ring (bicyclic) bond motifs is 2. The lowest BCUT2D eigenvalue weighted by molar-refractivity contribution is 0.0678. The van der Waals surface area contributed by atoms with Gasteiger partial charge in [-0.1, -0.05) is 97.1 Å². The van der Waals surface area contributed by atoms with Crippen molar-refractivity contribution in [3.05, 3.63) is 131 Å². The molecule has 0 saturated heterocycles. The Morgan fingerprint density at radius 1 is 0.735 bits per heavy atom. The predicted molar refractivity (Wildman–Crippen MR) is 138 cm³/mol. The number of carbonyl (C=O) groups is 1. The normalized spacial score (nSPS) is 16.1. The summed E-state index contributed by atoms with van der Waals surface area (Å²) in [6.45, 7) is 2.14. The highest BCUT2D eigenvalue weighted by Gasteiger charge is 2.43. The Kier molecular flexibility index (Phi) is 4.84. The molecule has 2 heterocycles. The van der Waals surface area contributed by atoms with Gasteiger partial charge < -0.3 is 9.47 Å². The number of amides is 1. The number of hydrogen-bond donors (Lipinski definition) is 0. The number of carbonyl (C=O) groups excluding carboxylic acids is 1. The third-order valence-corrected chi connectivity index (χ3v) is 7.16. The summed E-state index contributed by atoms with van der Waals surface area (Å²) < 4.78 is 2.27. The van der Waals surface area contributed by atoms with E-state index in [2.05, 4.69) is 90.2 Å². The van der Waals surface area contributed by atoms with E-state index in [9.17, 15) is 4.79 Å². The van der Waals surface area contributed by atoms with Gasteiger partial charge in [0.25, 0.3) is 5.91 Å². The Labute approximate surface area is 199 Å². The first-order valence-corrected chi connectivity index (χ1v) is 11.8. The molecule has 1 aromatic heterocycles. The zero-order valence-corrected chi connectivity index (χ0v) is 19.3. The first-order chi connectivity index (χ1) is 16.7. The van der Waals surface area contributed by atoms with Gasteiger partial charge in [0.15, 0.2) is 0 Å². The second-order valence-corrected chi connectivity index (χ2v) is 8.99. The molecule has 0 radical (unpaired) electrons. The third-order valence-electron chi connectivity index (χ3n) is 7.16. The SMILES string of the molecule is C[C@H](c1ccccc1)N1C(=O)c2ccccc2[C@H]1c1c(-c2ccccc2)n(C)c2ccccc12. The van der Waals surface area contributed by atoms with E-state index in [0.29, 0.717) is 0 Å². The van der Waals surface area contributed by atoms with Crippen LogP contribution in [0.15, 0.2) is 109 Å². The molecule has 1 aliphatic heterocycles. The van der Waals surface area contributed by atoms with Crippen molar-refractivity contribution in [2.24, 2.45) is 7.05 Å². The lowest BCUT2D eigenvalue weighted by Crippen LogP contribution is -2.31. The second-order valence-electron chi connectivity index (χ2n) is 8.99. The van der Waals surface area contributed by atoms with E-state index in [4.69, 9.17) is 0 Å². The molecule has 0 aliphatic carbocycles. The molecule has 0 saturated carbocycles. The van der Waals surface area contributed by atoms with Gasteiger partial charge in [0, 0.05) is 29.1 Å². The highest BCUT2D eigenvalue weighted by atomic mass is 16.2. The smallest absolute Gasteiger partial charge is 0.255 e. The highest BCUT2D eigenvalue weighted by Crippen LogP contribution is 2.49. The Morgan fingerprint density at radius 2 is 1.35 bits per heavy atom. The number of aryl methyl sites for hydroxylation is 1. The van der Waals surface area contributed by atoms with Gasteiger partial charge in [-0.3, -0.25) is 4.79 Å². The minimum absolute atomic E-state index is 0.0753. The summed E-state index contributed by atoms with van der Waals surface area (Å²) in [6.07, 6.45) is 0. The molecular weight excluding hydrogens is 416 g/mol. The van der Waals surface area contributed by atoms with Crippen molar-refractivity contribution >= 4 is 16.8 Å². The summed E-state index contributed by atoms with van der Waals surface area (Å²) >= 11 is 0. The summed E-state index contributed by atoms with van der Waals surface area (Å²) in [6, 6.07) is 37.2. The molecule has 0 bridgehead atoms. The molecule has 2 atom stereocenters. The van der Waals surface area contributed by atoms with E-state index in [1.807, 2.05) is 42.5 Å². The first-order valence-electron chi connectivity index (χ1n) is 11.8. The van der Waals surface area contributed by atoms with Crippen LogP contribution in [-0.4, -0.2) is 15.4 Å². The Hall–Kier alpha value is -4.11. The van der Waals surface area contributed by atoms with Gasteiger partial charge in [-0.25, -0.2) is 0 Å². The zero-order chi connectivity index (χ0) is 23.2. The van der Waals surface area contributed by atoms with Crippen molar-refractivity contribution in [3.63, 3.8) is 0 Å². The van der Waals surface area contributed by atoms with Crippen molar-refractivity contribution in [1.82, 2.24) is 9.47 Å². The average Bonchev–Trinajstić information content (AvgIpc) is 3.35. The zero-order valence-electron chi connectivity index (χ0n) is 19.3. The Balaban J connectivity index is 1.66. The largest absolute Gasteiger partial charge is 0.343 e. The van der Waals surface area contributed by atoms with E-state index < -0.39 is 0 Å². The van der Waals surface area contributed by atoms with Crippen LogP contribution >= 0.6 is 0 Å². The minimum atomic E-state index is -0.180. The fourth-order valence-corrected chi connectivity index (χ4v) is 5.57. The maximum absolute atomic E-state index is 13.9. The van der Waals surface area contributed by atoms with E-state index in [1.165, 1.54) is 16.5 Å². The molecule has 3 nitrogen and oxygen atoms in total. The van der Waals surface area contributed by atoms with Gasteiger partial charge in [0.05, 0.1) is 17.8 Å². The lowest BCUT2D eigenvalue weighted by Gasteiger charge is -2.32. The van der Waals surface area contributed by atoms with Crippen molar-refractivity contribution < 1.29 is 4.79 Å². The highest BCUT2D eigenvalue weighted by molar-refractivity contribution is 6.02. The number of nitrogens with zero attached hydrogens (tertiary/aromatic N) is 2. The van der Waals surface area contributed by atoms with Crippen molar-refractivity contribution in [1.29, 1.82) is 0 Å². The summed E-state index contributed by atoms with van der Waals surface area (Å²) in [7, 11) is 2.13. The predicted octanol–water partition coefficient (Wildman–Crippen LogP) is 7.15. The fraction of sp³-hybridized carbons (Fsp3) is 0.129. The van der Waals surface area contributed by atoms with Crippen molar-refractivity contribution in [3.8, 4) is 11.3 Å². The van der Waals surface area contributed by atoms with E-state index >= 15 is 0 Å². The van der Waals surface area contributed by atoms with Crippen molar-refractivity contribution in [2.75, 3.05) is 0 Å². The molecule has 34 heavy (non-hydrogen) atoms. The molecule has 0 fully saturated rings. The molecule has 3 heteroatoms. The average molecular weight is 443 g/mol. The van der Waals surface area contributed by atoms with Crippen LogP contribution < -0.4 is 0 Å². The summed E-state index contributed by atoms with van der Waals surface area (Å²) in [5.74, 6) is 0.0869. The topological polar surface area (TPSA) is 25.2 Å². The number of rotatable bonds is 4. The number of aromatic nitrogens is 1. The maximum Gasteiger partial charge on any atom is 0.255 e. The number of hydrogen-bond acceptors (Lipinski definition) is 1. The van der Waals surface area contributed by atoms with Gasteiger partial charge in [-0.05, 0) is 35.7 Å². The molecule has 0 unspecified atom stereocenters. The van der Waals surface area contributed by atoms with Crippen LogP contribution in [0.1, 0.15) is 46.1 Å². The standard InChI is InChI=1S/C31H26N2O/c1-21(22-13-5-3-6-14-22)33-30(24-17-9-10-18-25(24)31(33)34)28-26-19-11-12-20-27(26)32(2)29(28)23-15-7-4-8-16-23/h3-21,30H,1-2H3/t21-,30+/m1/s1. The number of para-hydroxylation sites is 1. The van der Waals surface area contributed by atoms with Crippen LogP contribution in [0.4, 0.5) is 0 Å². The monoisotopic (exact) mass is 442 g/mol. The summed E-state index contributed by atoms with van der Waals surface area (Å²) in [4.78, 5) is 16.0. The molecular formula is C31H26N2O. The first kappa shape index (κ1) is 20.5. The molecule has 1 aliphatic rings. The van der Waals surface area contributed by atoms with Crippen molar-refractivity contribution in [2.45, 2.75) is 19.0 Å². The molecule has 166 valence electrons. The van der Waals surface area contributed by atoms with E-state index in [0.717, 1.165) is 27.9 Å². The third kappa shape index (κ3) is 3.01. The van der Waals surface area contributed by atoms with Gasteiger partial charge in [-0.2, -0.15) is 0 Å². The molecule has 6 rings (SSSR count). The van der Waals surface area contributed by atoms with E-state index in [1.54, 1.807) is 0 Å². The summed E-state index contributed by atoms with van der Waals surface area (Å²) in [5, 5.41) is 1.18. The van der Waals surface area contributed by atoms with Crippen LogP contribution in [0.25, 0.3) is 22.2 Å². The van der Waals surface area contributed by atoms with Gasteiger partial charge in [-0.15, -0.1) is 0 Å². The van der Waals surface area contributed by atoms with Crippen LogP contribution in [0.2, 0.25) is 0 Å². The summed E-state index contributed by atoms with van der Waals surface area (Å²) in [5.41, 5.74) is 7.66. The Bertz CT molecular complexity index is 1500. The molecule has 5 aromatic rings. The minimum Gasteiger partial charge on any atom is -0.343 e. The number of benzene rings is 4. The van der Waals surface area contributed by atoms with Gasteiger partial charge in [0.1, 0.15) is 0 Å². The van der Waals surface area contributed by atoms with Crippen LogP contribution in [0.5, 0.6) is 0 Å².